The number of amides is 1. The van der Waals surface area contributed by atoms with E-state index < -0.39 is 0 Å². The van der Waals surface area contributed by atoms with Crippen molar-refractivity contribution in [1.82, 2.24) is 14.5 Å². The molecule has 1 aliphatic rings. The molecule has 1 fully saturated rings. The summed E-state index contributed by atoms with van der Waals surface area (Å²) < 4.78 is 1.56. The highest BCUT2D eigenvalue weighted by atomic mass is 16.2. The summed E-state index contributed by atoms with van der Waals surface area (Å²) in [5, 5.41) is 0. The number of carbonyl (C=O) groups is 1. The van der Waals surface area contributed by atoms with Crippen LogP contribution in [0.2, 0.25) is 0 Å². The highest BCUT2D eigenvalue weighted by molar-refractivity contribution is 5.77. The second-order valence-corrected chi connectivity index (χ2v) is 4.03. The Hall–Kier alpha value is -1.32. The van der Waals surface area contributed by atoms with Gasteiger partial charge in [-0.1, -0.05) is 13.3 Å². The Morgan fingerprint density at radius 1 is 1.60 bits per heavy atom. The van der Waals surface area contributed by atoms with Crippen LogP contribution in [0.3, 0.4) is 0 Å². The van der Waals surface area contributed by atoms with Crippen LogP contribution in [0.15, 0.2) is 18.7 Å². The third kappa shape index (κ3) is 2.37. The van der Waals surface area contributed by atoms with Crippen LogP contribution in [0.5, 0.6) is 0 Å². The van der Waals surface area contributed by atoms with Gasteiger partial charge in [0.2, 0.25) is 0 Å². The lowest BCUT2D eigenvalue weighted by Crippen LogP contribution is -2.36. The molecule has 1 amide bonds. The van der Waals surface area contributed by atoms with Crippen molar-refractivity contribution >= 4 is 6.03 Å². The predicted molar refractivity (Wildman–Crippen MR) is 57.7 cm³/mol. The van der Waals surface area contributed by atoms with Crippen molar-refractivity contribution in [3.63, 3.8) is 0 Å². The van der Waals surface area contributed by atoms with E-state index in [1.807, 2.05) is 4.90 Å². The molecule has 0 aromatic carbocycles. The van der Waals surface area contributed by atoms with Crippen LogP contribution in [0.1, 0.15) is 32.6 Å². The number of imidazole rings is 1. The van der Waals surface area contributed by atoms with Gasteiger partial charge < -0.3 is 4.90 Å². The van der Waals surface area contributed by atoms with E-state index in [1.54, 1.807) is 23.3 Å². The maximum atomic E-state index is 12.0. The van der Waals surface area contributed by atoms with E-state index in [-0.39, 0.29) is 6.03 Å². The van der Waals surface area contributed by atoms with Gasteiger partial charge >= 0.3 is 6.03 Å². The second kappa shape index (κ2) is 4.47. The average Bonchev–Trinajstić information content (AvgIpc) is 2.94. The highest BCUT2D eigenvalue weighted by Crippen LogP contribution is 2.27. The summed E-state index contributed by atoms with van der Waals surface area (Å²) in [5.41, 5.74) is 0. The average molecular weight is 207 g/mol. The normalized spacial score (nSPS) is 15.3. The first-order valence-corrected chi connectivity index (χ1v) is 5.62. The van der Waals surface area contributed by atoms with Gasteiger partial charge in [-0.15, -0.1) is 0 Å². The number of carbonyl (C=O) groups excluding carboxylic acids is 1. The molecule has 4 heteroatoms. The molecule has 1 aliphatic carbocycles. The Balaban J connectivity index is 2.01. The van der Waals surface area contributed by atoms with Crippen LogP contribution in [0.4, 0.5) is 4.79 Å². The molecule has 15 heavy (non-hydrogen) atoms. The molecule has 0 unspecified atom stereocenters. The molecule has 0 N–H and O–H groups in total. The number of unbranched alkanes of at least 4 members (excludes halogenated alkanes) is 1. The first-order valence-electron chi connectivity index (χ1n) is 5.62. The number of aromatic nitrogens is 2. The van der Waals surface area contributed by atoms with Gasteiger partial charge in [0.15, 0.2) is 0 Å². The number of rotatable bonds is 4. The van der Waals surface area contributed by atoms with E-state index in [0.717, 1.165) is 32.2 Å². The standard InChI is InChI=1S/C11H17N3O/c1-2-3-7-14(10-4-5-10)11(15)13-8-6-12-9-13/h6,8-10H,2-5,7H2,1H3. The zero-order valence-electron chi connectivity index (χ0n) is 9.09. The quantitative estimate of drug-likeness (QED) is 0.758. The van der Waals surface area contributed by atoms with Crippen LogP contribution in [-0.4, -0.2) is 33.1 Å². The van der Waals surface area contributed by atoms with Crippen LogP contribution < -0.4 is 0 Å². The van der Waals surface area contributed by atoms with Crippen molar-refractivity contribution in [3.8, 4) is 0 Å². The molecule has 1 aromatic heterocycles. The topological polar surface area (TPSA) is 38.1 Å². The molecule has 0 saturated heterocycles. The SMILES string of the molecule is CCCCN(C(=O)n1ccnc1)C1CC1. The fraction of sp³-hybridized carbons (Fsp3) is 0.636. The summed E-state index contributed by atoms with van der Waals surface area (Å²) in [6, 6.07) is 0.551. The molecule has 82 valence electrons. The molecule has 0 spiro atoms. The van der Waals surface area contributed by atoms with Crippen molar-refractivity contribution < 1.29 is 4.79 Å². The van der Waals surface area contributed by atoms with Gasteiger partial charge in [0.1, 0.15) is 6.33 Å². The predicted octanol–water partition coefficient (Wildman–Crippen LogP) is 2.12. The lowest BCUT2D eigenvalue weighted by Gasteiger charge is -2.21. The number of hydrogen-bond donors (Lipinski definition) is 0. The Labute approximate surface area is 89.9 Å². The van der Waals surface area contributed by atoms with Crippen LogP contribution in [0, 0.1) is 0 Å². The zero-order chi connectivity index (χ0) is 10.7. The van der Waals surface area contributed by atoms with E-state index in [1.165, 1.54) is 0 Å². The van der Waals surface area contributed by atoms with Gasteiger partial charge in [0.25, 0.3) is 0 Å². The van der Waals surface area contributed by atoms with Crippen molar-refractivity contribution in [2.75, 3.05) is 6.54 Å². The van der Waals surface area contributed by atoms with Crippen molar-refractivity contribution in [1.29, 1.82) is 0 Å². The summed E-state index contributed by atoms with van der Waals surface area (Å²) in [7, 11) is 0. The lowest BCUT2D eigenvalue weighted by atomic mass is 10.3. The van der Waals surface area contributed by atoms with Gasteiger partial charge in [0.05, 0.1) is 0 Å². The molecule has 2 rings (SSSR count). The summed E-state index contributed by atoms with van der Waals surface area (Å²) in [5.74, 6) is 0. The summed E-state index contributed by atoms with van der Waals surface area (Å²) in [4.78, 5) is 17.9. The smallest absolute Gasteiger partial charge is 0.321 e. The highest BCUT2D eigenvalue weighted by Gasteiger charge is 2.32. The first-order chi connectivity index (χ1) is 7.33. The molecule has 1 heterocycles. The molecule has 0 bridgehead atoms. The molecule has 0 atom stereocenters. The van der Waals surface area contributed by atoms with Gasteiger partial charge in [-0.25, -0.2) is 9.78 Å². The molecule has 1 saturated carbocycles. The Bertz CT molecular complexity index is 317. The minimum atomic E-state index is 0.0726. The van der Waals surface area contributed by atoms with Crippen LogP contribution >= 0.6 is 0 Å². The fourth-order valence-electron chi connectivity index (χ4n) is 1.67. The van der Waals surface area contributed by atoms with Crippen molar-refractivity contribution in [3.05, 3.63) is 18.7 Å². The summed E-state index contributed by atoms with van der Waals surface area (Å²) in [6.45, 7) is 3.02. The van der Waals surface area contributed by atoms with Crippen LogP contribution in [0.25, 0.3) is 0 Å². The maximum Gasteiger partial charge on any atom is 0.329 e. The van der Waals surface area contributed by atoms with E-state index in [4.69, 9.17) is 0 Å². The Morgan fingerprint density at radius 2 is 2.40 bits per heavy atom. The summed E-state index contributed by atoms with van der Waals surface area (Å²) in [6.07, 6.45) is 9.45. The molecule has 0 aliphatic heterocycles. The molecule has 4 nitrogen and oxygen atoms in total. The van der Waals surface area contributed by atoms with E-state index in [0.29, 0.717) is 6.04 Å². The minimum absolute atomic E-state index is 0.0726. The molecular weight excluding hydrogens is 190 g/mol. The second-order valence-electron chi connectivity index (χ2n) is 4.03. The monoisotopic (exact) mass is 207 g/mol. The maximum absolute atomic E-state index is 12.0. The molecule has 0 radical (unpaired) electrons. The largest absolute Gasteiger partial charge is 0.329 e. The first kappa shape index (κ1) is 10.2. The van der Waals surface area contributed by atoms with Gasteiger partial charge in [-0.05, 0) is 19.3 Å². The molecule has 1 aromatic rings. The van der Waals surface area contributed by atoms with E-state index in [2.05, 4.69) is 11.9 Å². The zero-order valence-corrected chi connectivity index (χ0v) is 9.09. The van der Waals surface area contributed by atoms with E-state index in [9.17, 15) is 4.79 Å². The van der Waals surface area contributed by atoms with Gasteiger partial charge in [0, 0.05) is 25.0 Å². The minimum Gasteiger partial charge on any atom is -0.321 e. The molecular formula is C11H17N3O. The number of nitrogens with zero attached hydrogens (tertiary/aromatic N) is 3. The third-order valence-corrected chi connectivity index (χ3v) is 2.71. The van der Waals surface area contributed by atoms with Crippen LogP contribution in [-0.2, 0) is 0 Å². The Kier molecular flexibility index (Phi) is 3.04. The van der Waals surface area contributed by atoms with Crippen molar-refractivity contribution in [2.45, 2.75) is 38.6 Å². The number of hydrogen-bond acceptors (Lipinski definition) is 2. The van der Waals surface area contributed by atoms with Gasteiger partial charge in [-0.2, -0.15) is 0 Å². The lowest BCUT2D eigenvalue weighted by molar-refractivity contribution is 0.195. The fourth-order valence-corrected chi connectivity index (χ4v) is 1.67. The van der Waals surface area contributed by atoms with Gasteiger partial charge in [-0.3, -0.25) is 4.57 Å². The third-order valence-electron chi connectivity index (χ3n) is 2.71. The summed E-state index contributed by atoms with van der Waals surface area (Å²) >= 11 is 0. The van der Waals surface area contributed by atoms with Crippen molar-refractivity contribution in [2.24, 2.45) is 0 Å². The van der Waals surface area contributed by atoms with E-state index >= 15 is 0 Å². The Morgan fingerprint density at radius 3 is 2.93 bits per heavy atom.